The van der Waals surface area contributed by atoms with Crippen LogP contribution in [0.15, 0.2) is 12.1 Å². The molecule has 1 aromatic rings. The van der Waals surface area contributed by atoms with E-state index in [1.165, 1.54) is 6.07 Å². The third-order valence-electron chi connectivity index (χ3n) is 4.12. The molecule has 0 atom stereocenters. The molecule has 0 bridgehead atoms. The van der Waals surface area contributed by atoms with E-state index in [-0.39, 0.29) is 29.6 Å². The molecule has 0 aromatic heterocycles. The lowest BCUT2D eigenvalue weighted by atomic mass is 9.85. The molecule has 23 heavy (non-hydrogen) atoms. The quantitative estimate of drug-likeness (QED) is 0.667. The SMILES string of the molecule is CCCC(=O)Nc1cc2c(cc1[N+](=O)[O-])N(CC)C(=O)C2(C)C. The van der Waals surface area contributed by atoms with Gasteiger partial charge in [-0.25, -0.2) is 0 Å². The fraction of sp³-hybridized carbons (Fsp3) is 0.500. The van der Waals surface area contributed by atoms with E-state index in [0.29, 0.717) is 24.2 Å². The van der Waals surface area contributed by atoms with Gasteiger partial charge >= 0.3 is 0 Å². The number of amides is 2. The summed E-state index contributed by atoms with van der Waals surface area (Å²) in [5.74, 6) is -0.369. The van der Waals surface area contributed by atoms with Gasteiger partial charge in [0.25, 0.3) is 5.69 Å². The fourth-order valence-corrected chi connectivity index (χ4v) is 2.87. The molecule has 124 valence electrons. The molecule has 1 N–H and O–H groups in total. The Morgan fingerprint density at radius 1 is 1.35 bits per heavy atom. The van der Waals surface area contributed by atoms with Gasteiger partial charge in [0.1, 0.15) is 5.69 Å². The van der Waals surface area contributed by atoms with Gasteiger partial charge in [-0.05, 0) is 38.8 Å². The van der Waals surface area contributed by atoms with Crippen LogP contribution in [-0.4, -0.2) is 23.3 Å². The van der Waals surface area contributed by atoms with Gasteiger partial charge in [0, 0.05) is 19.0 Å². The van der Waals surface area contributed by atoms with E-state index in [4.69, 9.17) is 0 Å². The summed E-state index contributed by atoms with van der Waals surface area (Å²) in [6, 6.07) is 2.95. The Balaban J connectivity index is 2.58. The molecule has 1 heterocycles. The molecule has 0 unspecified atom stereocenters. The van der Waals surface area contributed by atoms with Crippen molar-refractivity contribution in [3.05, 3.63) is 27.8 Å². The van der Waals surface area contributed by atoms with Crippen molar-refractivity contribution in [2.75, 3.05) is 16.8 Å². The first kappa shape index (κ1) is 16.9. The van der Waals surface area contributed by atoms with E-state index in [2.05, 4.69) is 5.32 Å². The molecule has 2 amide bonds. The third kappa shape index (κ3) is 2.78. The van der Waals surface area contributed by atoms with Crippen LogP contribution in [0.2, 0.25) is 0 Å². The first-order valence-electron chi connectivity index (χ1n) is 7.68. The Hall–Kier alpha value is -2.44. The molecule has 7 heteroatoms. The minimum atomic E-state index is -0.773. The molecule has 1 aromatic carbocycles. The number of nitro benzene ring substituents is 1. The summed E-state index contributed by atoms with van der Waals surface area (Å²) in [5, 5.41) is 13.9. The number of likely N-dealkylation sites (N-methyl/N-ethyl adjacent to an activating group) is 1. The highest BCUT2D eigenvalue weighted by Gasteiger charge is 2.44. The number of nitrogens with one attached hydrogen (secondary N) is 1. The molecule has 0 fully saturated rings. The fourth-order valence-electron chi connectivity index (χ4n) is 2.87. The van der Waals surface area contributed by atoms with Crippen LogP contribution >= 0.6 is 0 Å². The van der Waals surface area contributed by atoms with E-state index >= 15 is 0 Å². The molecule has 0 aliphatic carbocycles. The predicted octanol–water partition coefficient (Wildman–Crippen LogP) is 2.98. The predicted molar refractivity (Wildman–Crippen MR) is 87.7 cm³/mol. The Morgan fingerprint density at radius 2 is 2.00 bits per heavy atom. The van der Waals surface area contributed by atoms with Crippen molar-refractivity contribution < 1.29 is 14.5 Å². The van der Waals surface area contributed by atoms with Crippen molar-refractivity contribution in [3.63, 3.8) is 0 Å². The van der Waals surface area contributed by atoms with Gasteiger partial charge in [-0.3, -0.25) is 19.7 Å². The third-order valence-corrected chi connectivity index (χ3v) is 4.12. The molecule has 7 nitrogen and oxygen atoms in total. The lowest BCUT2D eigenvalue weighted by molar-refractivity contribution is -0.383. The van der Waals surface area contributed by atoms with Gasteiger partial charge in [-0.15, -0.1) is 0 Å². The molecule has 0 spiro atoms. The van der Waals surface area contributed by atoms with E-state index in [9.17, 15) is 19.7 Å². The second-order valence-corrected chi connectivity index (χ2v) is 6.12. The van der Waals surface area contributed by atoms with Gasteiger partial charge in [-0.1, -0.05) is 6.92 Å². The lowest BCUT2D eigenvalue weighted by Gasteiger charge is -2.18. The monoisotopic (exact) mass is 319 g/mol. The van der Waals surface area contributed by atoms with Crippen molar-refractivity contribution >= 4 is 28.9 Å². The Kier molecular flexibility index (Phi) is 4.40. The number of nitrogens with zero attached hydrogens (tertiary/aromatic N) is 2. The number of anilines is 2. The summed E-state index contributed by atoms with van der Waals surface area (Å²) in [4.78, 5) is 36.7. The summed E-state index contributed by atoms with van der Waals surface area (Å²) in [5.41, 5.74) is 0.415. The number of benzene rings is 1. The number of carbonyl (C=O) groups is 2. The Bertz CT molecular complexity index is 682. The maximum atomic E-state index is 12.5. The molecule has 2 rings (SSSR count). The van der Waals surface area contributed by atoms with E-state index in [1.54, 1.807) is 24.8 Å². The maximum Gasteiger partial charge on any atom is 0.294 e. The first-order valence-corrected chi connectivity index (χ1v) is 7.68. The highest BCUT2D eigenvalue weighted by atomic mass is 16.6. The molecule has 0 saturated carbocycles. The Morgan fingerprint density at radius 3 is 2.52 bits per heavy atom. The zero-order chi connectivity index (χ0) is 17.4. The molecular weight excluding hydrogens is 298 g/mol. The standard InChI is InChI=1S/C16H21N3O4/c1-5-7-14(20)17-11-8-10-12(9-13(11)19(22)23)18(6-2)15(21)16(10,3)4/h8-9H,5-7H2,1-4H3,(H,17,20). The topological polar surface area (TPSA) is 92.5 Å². The number of rotatable bonds is 5. The van der Waals surface area contributed by atoms with Crippen molar-refractivity contribution in [3.8, 4) is 0 Å². The van der Waals surface area contributed by atoms with Gasteiger partial charge in [-0.2, -0.15) is 0 Å². The maximum absolute atomic E-state index is 12.5. The molecule has 0 radical (unpaired) electrons. The van der Waals surface area contributed by atoms with E-state index in [0.717, 1.165) is 0 Å². The Labute approximate surface area is 134 Å². The molecular formula is C16H21N3O4. The lowest BCUT2D eigenvalue weighted by Crippen LogP contribution is -2.35. The summed E-state index contributed by atoms with van der Waals surface area (Å²) < 4.78 is 0. The number of hydrogen-bond acceptors (Lipinski definition) is 4. The van der Waals surface area contributed by atoms with Crippen molar-refractivity contribution in [2.24, 2.45) is 0 Å². The average molecular weight is 319 g/mol. The van der Waals surface area contributed by atoms with Crippen LogP contribution in [0.5, 0.6) is 0 Å². The van der Waals surface area contributed by atoms with Crippen LogP contribution in [0.1, 0.15) is 46.1 Å². The number of nitro groups is 1. The van der Waals surface area contributed by atoms with E-state index < -0.39 is 10.3 Å². The van der Waals surface area contributed by atoms with Gasteiger partial charge in [0.2, 0.25) is 11.8 Å². The normalized spacial score (nSPS) is 15.5. The zero-order valence-electron chi connectivity index (χ0n) is 13.8. The van der Waals surface area contributed by atoms with Crippen LogP contribution in [0.4, 0.5) is 17.1 Å². The largest absolute Gasteiger partial charge is 0.320 e. The highest BCUT2D eigenvalue weighted by Crippen LogP contribution is 2.45. The molecule has 1 aliphatic heterocycles. The van der Waals surface area contributed by atoms with Gasteiger partial charge < -0.3 is 10.2 Å². The van der Waals surface area contributed by atoms with Gasteiger partial charge in [0.15, 0.2) is 0 Å². The first-order chi connectivity index (χ1) is 10.7. The number of fused-ring (bicyclic) bond motifs is 1. The minimum Gasteiger partial charge on any atom is -0.320 e. The van der Waals surface area contributed by atoms with Crippen LogP contribution in [0.25, 0.3) is 0 Å². The van der Waals surface area contributed by atoms with Crippen LogP contribution < -0.4 is 10.2 Å². The molecule has 1 aliphatic rings. The van der Waals surface area contributed by atoms with Crippen LogP contribution in [0.3, 0.4) is 0 Å². The number of hydrogen-bond donors (Lipinski definition) is 1. The summed E-state index contributed by atoms with van der Waals surface area (Å²) >= 11 is 0. The molecule has 0 saturated heterocycles. The van der Waals surface area contributed by atoms with Gasteiger partial charge in [0.05, 0.1) is 16.0 Å². The second-order valence-electron chi connectivity index (χ2n) is 6.12. The van der Waals surface area contributed by atoms with Crippen LogP contribution in [-0.2, 0) is 15.0 Å². The second kappa shape index (κ2) is 5.98. The zero-order valence-corrected chi connectivity index (χ0v) is 13.8. The van der Waals surface area contributed by atoms with Crippen molar-refractivity contribution in [1.82, 2.24) is 0 Å². The van der Waals surface area contributed by atoms with Crippen molar-refractivity contribution in [1.29, 1.82) is 0 Å². The smallest absolute Gasteiger partial charge is 0.294 e. The van der Waals surface area contributed by atoms with Crippen LogP contribution in [0, 0.1) is 10.1 Å². The number of carbonyl (C=O) groups excluding carboxylic acids is 2. The highest BCUT2D eigenvalue weighted by molar-refractivity contribution is 6.09. The summed E-state index contributed by atoms with van der Waals surface area (Å²) in [6.45, 7) is 7.69. The van der Waals surface area contributed by atoms with Crippen molar-refractivity contribution in [2.45, 2.75) is 46.0 Å². The summed E-state index contributed by atoms with van der Waals surface area (Å²) in [7, 11) is 0. The van der Waals surface area contributed by atoms with E-state index in [1.807, 2.05) is 13.8 Å². The average Bonchev–Trinajstić information content (AvgIpc) is 2.65. The summed E-state index contributed by atoms with van der Waals surface area (Å²) in [6.07, 6.45) is 0.940. The minimum absolute atomic E-state index is 0.0960.